The molecule has 0 fully saturated rings. The van der Waals surface area contributed by atoms with Crippen LogP contribution in [0.4, 0.5) is 0 Å². The van der Waals surface area contributed by atoms with Crippen LogP contribution in [-0.2, 0) is 6.54 Å². The number of benzene rings is 1. The molecule has 4 nitrogen and oxygen atoms in total. The molecule has 2 aromatic rings. The normalized spacial score (nSPS) is 12.3. The van der Waals surface area contributed by atoms with Gasteiger partial charge in [-0.15, -0.1) is 0 Å². The van der Waals surface area contributed by atoms with Gasteiger partial charge in [0.1, 0.15) is 0 Å². The lowest BCUT2D eigenvalue weighted by molar-refractivity contribution is 0.537. The van der Waals surface area contributed by atoms with Crippen molar-refractivity contribution in [3.8, 4) is 11.1 Å². The summed E-state index contributed by atoms with van der Waals surface area (Å²) >= 11 is 0. The third-order valence-corrected chi connectivity index (χ3v) is 2.73. The minimum Gasteiger partial charge on any atom is -0.387 e. The molecule has 1 atom stereocenters. The number of aromatic nitrogens is 2. The second-order valence-corrected chi connectivity index (χ2v) is 4.17. The summed E-state index contributed by atoms with van der Waals surface area (Å²) in [5, 5.41) is 11.6. The highest BCUT2D eigenvalue weighted by Crippen LogP contribution is 2.17. The number of hydrogen-bond donors (Lipinski definition) is 2. The van der Waals surface area contributed by atoms with Gasteiger partial charge in [-0.1, -0.05) is 37.3 Å². The van der Waals surface area contributed by atoms with Crippen molar-refractivity contribution in [1.82, 2.24) is 9.78 Å². The van der Waals surface area contributed by atoms with E-state index in [-0.39, 0.29) is 11.8 Å². The average Bonchev–Trinajstić information content (AvgIpc) is 2.78. The van der Waals surface area contributed by atoms with Crippen molar-refractivity contribution in [1.29, 1.82) is 5.41 Å². The molecule has 1 unspecified atom stereocenters. The van der Waals surface area contributed by atoms with Crippen LogP contribution in [-0.4, -0.2) is 15.6 Å². The lowest BCUT2D eigenvalue weighted by atomic mass is 10.1. The van der Waals surface area contributed by atoms with Crippen molar-refractivity contribution in [2.24, 2.45) is 11.7 Å². The third-order valence-electron chi connectivity index (χ3n) is 2.73. The molecule has 17 heavy (non-hydrogen) atoms. The van der Waals surface area contributed by atoms with E-state index in [1.165, 1.54) is 0 Å². The monoisotopic (exact) mass is 228 g/mol. The Morgan fingerprint density at radius 1 is 1.35 bits per heavy atom. The predicted molar refractivity (Wildman–Crippen MR) is 68.7 cm³/mol. The van der Waals surface area contributed by atoms with E-state index in [0.29, 0.717) is 6.54 Å². The molecule has 2 rings (SSSR count). The Hall–Kier alpha value is -2.10. The number of amidine groups is 1. The Bertz CT molecular complexity index is 501. The van der Waals surface area contributed by atoms with Crippen LogP contribution in [0.25, 0.3) is 11.1 Å². The van der Waals surface area contributed by atoms with Gasteiger partial charge in [0.25, 0.3) is 0 Å². The molecular formula is C13H16N4. The van der Waals surface area contributed by atoms with E-state index in [1.807, 2.05) is 42.2 Å². The number of rotatable bonds is 4. The van der Waals surface area contributed by atoms with Gasteiger partial charge in [0, 0.05) is 17.7 Å². The van der Waals surface area contributed by atoms with Crippen LogP contribution in [0, 0.1) is 11.3 Å². The molecule has 1 aromatic heterocycles. The van der Waals surface area contributed by atoms with E-state index in [4.69, 9.17) is 11.1 Å². The SMILES string of the molecule is CC(Cn1cc(-c2ccccc2)cn1)C(=N)N. The van der Waals surface area contributed by atoms with Gasteiger partial charge in [-0.05, 0) is 5.56 Å². The first-order chi connectivity index (χ1) is 8.16. The van der Waals surface area contributed by atoms with Crippen LogP contribution in [0.15, 0.2) is 42.7 Å². The van der Waals surface area contributed by atoms with E-state index in [0.717, 1.165) is 11.1 Å². The average molecular weight is 228 g/mol. The van der Waals surface area contributed by atoms with E-state index in [2.05, 4.69) is 17.2 Å². The van der Waals surface area contributed by atoms with E-state index in [9.17, 15) is 0 Å². The fraction of sp³-hybridized carbons (Fsp3) is 0.231. The van der Waals surface area contributed by atoms with Gasteiger partial charge < -0.3 is 5.73 Å². The quantitative estimate of drug-likeness (QED) is 0.621. The van der Waals surface area contributed by atoms with Crippen molar-refractivity contribution in [2.75, 3.05) is 0 Å². The molecule has 0 aliphatic rings. The first kappa shape index (κ1) is 11.4. The molecule has 0 saturated heterocycles. The van der Waals surface area contributed by atoms with Crippen molar-refractivity contribution in [3.63, 3.8) is 0 Å². The molecule has 0 bridgehead atoms. The van der Waals surface area contributed by atoms with Crippen LogP contribution in [0.2, 0.25) is 0 Å². The molecule has 0 aliphatic heterocycles. The fourth-order valence-corrected chi connectivity index (χ4v) is 1.62. The highest BCUT2D eigenvalue weighted by Gasteiger charge is 2.07. The Balaban J connectivity index is 2.14. The minimum atomic E-state index is 0.0125. The number of hydrogen-bond acceptors (Lipinski definition) is 2. The summed E-state index contributed by atoms with van der Waals surface area (Å²) < 4.78 is 1.83. The largest absolute Gasteiger partial charge is 0.387 e. The van der Waals surface area contributed by atoms with Gasteiger partial charge in [-0.3, -0.25) is 10.1 Å². The molecule has 1 aromatic carbocycles. The first-order valence-electron chi connectivity index (χ1n) is 5.58. The minimum absolute atomic E-state index is 0.0125. The zero-order valence-corrected chi connectivity index (χ0v) is 9.80. The summed E-state index contributed by atoms with van der Waals surface area (Å²) in [5.74, 6) is 0.209. The number of nitrogens with one attached hydrogen (secondary N) is 1. The standard InChI is InChI=1S/C13H16N4/c1-10(13(14)15)8-17-9-12(7-16-17)11-5-3-2-4-6-11/h2-7,9-10H,8H2,1H3,(H3,14,15). The number of nitrogens with two attached hydrogens (primary N) is 1. The summed E-state index contributed by atoms with van der Waals surface area (Å²) in [6.07, 6.45) is 3.82. The van der Waals surface area contributed by atoms with Gasteiger partial charge in [-0.25, -0.2) is 0 Å². The van der Waals surface area contributed by atoms with Gasteiger partial charge >= 0.3 is 0 Å². The van der Waals surface area contributed by atoms with Crippen molar-refractivity contribution in [2.45, 2.75) is 13.5 Å². The van der Waals surface area contributed by atoms with Crippen LogP contribution >= 0.6 is 0 Å². The van der Waals surface area contributed by atoms with Crippen LogP contribution in [0.5, 0.6) is 0 Å². The van der Waals surface area contributed by atoms with E-state index >= 15 is 0 Å². The lowest BCUT2D eigenvalue weighted by Gasteiger charge is -2.08. The topological polar surface area (TPSA) is 67.7 Å². The Labute approximate surface area is 101 Å². The first-order valence-corrected chi connectivity index (χ1v) is 5.58. The molecule has 0 spiro atoms. The molecular weight excluding hydrogens is 212 g/mol. The highest BCUT2D eigenvalue weighted by atomic mass is 15.3. The number of nitrogens with zero attached hydrogens (tertiary/aromatic N) is 2. The zero-order chi connectivity index (χ0) is 12.3. The smallest absolute Gasteiger partial charge is 0.0952 e. The van der Waals surface area contributed by atoms with Crippen molar-refractivity contribution in [3.05, 3.63) is 42.7 Å². The summed E-state index contributed by atoms with van der Waals surface area (Å²) in [6, 6.07) is 10.1. The third kappa shape index (κ3) is 2.72. The zero-order valence-electron chi connectivity index (χ0n) is 9.80. The molecule has 3 N–H and O–H groups in total. The van der Waals surface area contributed by atoms with Gasteiger partial charge in [0.15, 0.2) is 0 Å². The van der Waals surface area contributed by atoms with E-state index in [1.54, 1.807) is 0 Å². The van der Waals surface area contributed by atoms with Crippen molar-refractivity contribution >= 4 is 5.84 Å². The maximum atomic E-state index is 7.36. The van der Waals surface area contributed by atoms with Crippen molar-refractivity contribution < 1.29 is 0 Å². The lowest BCUT2D eigenvalue weighted by Crippen LogP contribution is -2.24. The molecule has 1 heterocycles. The Kier molecular flexibility index (Phi) is 3.23. The van der Waals surface area contributed by atoms with Crippen LogP contribution < -0.4 is 5.73 Å². The Morgan fingerprint density at radius 3 is 2.71 bits per heavy atom. The second kappa shape index (κ2) is 4.82. The highest BCUT2D eigenvalue weighted by molar-refractivity contribution is 5.79. The molecule has 0 saturated carbocycles. The second-order valence-electron chi connectivity index (χ2n) is 4.17. The van der Waals surface area contributed by atoms with E-state index < -0.39 is 0 Å². The molecule has 88 valence electrons. The van der Waals surface area contributed by atoms with Crippen LogP contribution in [0.1, 0.15) is 6.92 Å². The maximum absolute atomic E-state index is 7.36. The predicted octanol–water partition coefficient (Wildman–Crippen LogP) is 2.12. The van der Waals surface area contributed by atoms with Gasteiger partial charge in [-0.2, -0.15) is 5.10 Å². The summed E-state index contributed by atoms with van der Waals surface area (Å²) in [6.45, 7) is 2.56. The van der Waals surface area contributed by atoms with Gasteiger partial charge in [0.05, 0.1) is 18.6 Å². The molecule has 0 amide bonds. The maximum Gasteiger partial charge on any atom is 0.0952 e. The molecule has 4 heteroatoms. The summed E-state index contributed by atoms with van der Waals surface area (Å²) in [4.78, 5) is 0. The summed E-state index contributed by atoms with van der Waals surface area (Å²) in [5.41, 5.74) is 7.68. The van der Waals surface area contributed by atoms with Gasteiger partial charge in [0.2, 0.25) is 0 Å². The molecule has 0 radical (unpaired) electrons. The molecule has 0 aliphatic carbocycles. The summed E-state index contributed by atoms with van der Waals surface area (Å²) in [7, 11) is 0. The Morgan fingerprint density at radius 2 is 2.06 bits per heavy atom. The van der Waals surface area contributed by atoms with Crippen LogP contribution in [0.3, 0.4) is 0 Å². The fourth-order valence-electron chi connectivity index (χ4n) is 1.62.